The van der Waals surface area contributed by atoms with E-state index >= 15 is 0 Å². The number of fused-ring (bicyclic) bond motifs is 1. The number of nitrogens with zero attached hydrogens (tertiary/aromatic N) is 1. The molecule has 0 saturated carbocycles. The van der Waals surface area contributed by atoms with Crippen LogP contribution in [0.3, 0.4) is 0 Å². The Bertz CT molecular complexity index is 1220. The van der Waals surface area contributed by atoms with Gasteiger partial charge in [-0.25, -0.2) is 0 Å². The zero-order valence-corrected chi connectivity index (χ0v) is 17.1. The largest absolute Gasteiger partial charge is 0.192 e. The first-order chi connectivity index (χ1) is 13.7. The maximum absolute atomic E-state index is 9.98. The van der Waals surface area contributed by atoms with Crippen LogP contribution in [0.15, 0.2) is 77.7 Å². The molecule has 28 heavy (non-hydrogen) atoms. The first-order valence-electron chi connectivity index (χ1n) is 9.31. The molecule has 0 fully saturated rings. The van der Waals surface area contributed by atoms with Crippen LogP contribution >= 0.6 is 11.8 Å². The molecular weight excluding hydrogens is 358 g/mol. The highest BCUT2D eigenvalue weighted by Crippen LogP contribution is 2.43. The number of hydrogen-bond donors (Lipinski definition) is 0. The molecule has 0 bridgehead atoms. The minimum Gasteiger partial charge on any atom is -0.192 e. The lowest BCUT2D eigenvalue weighted by molar-refractivity contribution is 1.24. The van der Waals surface area contributed by atoms with Gasteiger partial charge in [-0.3, -0.25) is 0 Å². The first-order valence-corrected chi connectivity index (χ1v) is 10.5. The Morgan fingerprint density at radius 3 is 2.07 bits per heavy atom. The van der Waals surface area contributed by atoms with E-state index in [1.54, 1.807) is 11.8 Å². The van der Waals surface area contributed by atoms with Gasteiger partial charge in [0.05, 0.1) is 5.56 Å². The monoisotopic (exact) mass is 379 g/mol. The summed E-state index contributed by atoms with van der Waals surface area (Å²) in [5, 5.41) is 12.5. The Morgan fingerprint density at radius 1 is 0.714 bits per heavy atom. The molecule has 136 valence electrons. The van der Waals surface area contributed by atoms with Crippen LogP contribution in [0.2, 0.25) is 0 Å². The van der Waals surface area contributed by atoms with Gasteiger partial charge in [-0.1, -0.05) is 66.7 Å². The maximum Gasteiger partial charge on any atom is 0.101 e. The van der Waals surface area contributed by atoms with Gasteiger partial charge in [0.2, 0.25) is 0 Å². The fraction of sp³-hybridized carbons (Fsp3) is 0.115. The highest BCUT2D eigenvalue weighted by atomic mass is 32.2. The van der Waals surface area contributed by atoms with Crippen LogP contribution in [0.4, 0.5) is 0 Å². The molecule has 4 aromatic rings. The van der Waals surface area contributed by atoms with Crippen molar-refractivity contribution in [1.82, 2.24) is 0 Å². The summed E-state index contributed by atoms with van der Waals surface area (Å²) in [5.74, 6) is 0. The summed E-state index contributed by atoms with van der Waals surface area (Å²) in [4.78, 5) is 1.06. The Hall–Kier alpha value is -3.02. The van der Waals surface area contributed by atoms with Crippen LogP contribution in [0.25, 0.3) is 33.0 Å². The van der Waals surface area contributed by atoms with Crippen molar-refractivity contribution in [2.24, 2.45) is 0 Å². The van der Waals surface area contributed by atoms with E-state index < -0.39 is 0 Å². The summed E-state index contributed by atoms with van der Waals surface area (Å²) in [6, 6.07) is 27.8. The van der Waals surface area contributed by atoms with Crippen molar-refractivity contribution < 1.29 is 0 Å². The molecule has 0 unspecified atom stereocenters. The molecule has 0 aliphatic heterocycles. The van der Waals surface area contributed by atoms with Gasteiger partial charge in [-0.2, -0.15) is 5.26 Å². The molecule has 1 nitrogen and oxygen atoms in total. The van der Waals surface area contributed by atoms with Crippen LogP contribution < -0.4 is 0 Å². The van der Waals surface area contributed by atoms with E-state index in [9.17, 15) is 5.26 Å². The van der Waals surface area contributed by atoms with Crippen molar-refractivity contribution >= 4 is 22.5 Å². The van der Waals surface area contributed by atoms with Crippen molar-refractivity contribution in [3.8, 4) is 28.3 Å². The number of benzene rings is 4. The van der Waals surface area contributed by atoms with E-state index in [0.29, 0.717) is 0 Å². The Morgan fingerprint density at radius 2 is 1.39 bits per heavy atom. The SMILES string of the molecule is CSc1c(C)c(-c2ccc3ccccc3c2)c(C)c(-c2ccccc2)c1C#N. The molecule has 2 heteroatoms. The average Bonchev–Trinajstić information content (AvgIpc) is 2.74. The highest BCUT2D eigenvalue weighted by Gasteiger charge is 2.21. The maximum atomic E-state index is 9.98. The zero-order chi connectivity index (χ0) is 19.7. The highest BCUT2D eigenvalue weighted by molar-refractivity contribution is 7.98. The van der Waals surface area contributed by atoms with Crippen molar-refractivity contribution in [3.05, 3.63) is 89.5 Å². The van der Waals surface area contributed by atoms with Crippen molar-refractivity contribution in [2.75, 3.05) is 6.26 Å². The van der Waals surface area contributed by atoms with E-state index in [1.807, 2.05) is 18.2 Å². The first kappa shape index (κ1) is 18.3. The predicted octanol–water partition coefficient (Wildman–Crippen LogP) is 7.38. The third kappa shape index (κ3) is 2.99. The van der Waals surface area contributed by atoms with E-state index in [1.165, 1.54) is 27.5 Å². The van der Waals surface area contributed by atoms with Crippen molar-refractivity contribution in [1.29, 1.82) is 5.26 Å². The Kier molecular flexibility index (Phi) is 4.94. The third-order valence-corrected chi connectivity index (χ3v) is 6.28. The predicted molar refractivity (Wildman–Crippen MR) is 121 cm³/mol. The summed E-state index contributed by atoms with van der Waals surface area (Å²) < 4.78 is 0. The van der Waals surface area contributed by atoms with Crippen molar-refractivity contribution in [2.45, 2.75) is 18.7 Å². The zero-order valence-electron chi connectivity index (χ0n) is 16.3. The molecule has 4 rings (SSSR count). The average molecular weight is 380 g/mol. The van der Waals surface area contributed by atoms with Crippen molar-refractivity contribution in [3.63, 3.8) is 0 Å². The van der Waals surface area contributed by atoms with Crippen LogP contribution in [0.1, 0.15) is 16.7 Å². The standard InChI is InChI=1S/C26H21NS/c1-17-24(22-14-13-19-9-7-8-12-21(19)15-22)18(2)26(28-3)23(16-27)25(17)20-10-5-4-6-11-20/h4-15H,1-3H3. The minimum absolute atomic E-state index is 0.776. The van der Waals surface area contributed by atoms with Crippen LogP contribution in [-0.4, -0.2) is 6.26 Å². The lowest BCUT2D eigenvalue weighted by Gasteiger charge is -2.21. The van der Waals surface area contributed by atoms with Gasteiger partial charge in [-0.15, -0.1) is 11.8 Å². The summed E-state index contributed by atoms with van der Waals surface area (Å²) in [6.45, 7) is 4.28. The molecule has 0 aromatic heterocycles. The van der Waals surface area contributed by atoms with Gasteiger partial charge in [-0.05, 0) is 64.8 Å². The Labute approximate surface area is 170 Å². The Balaban J connectivity index is 2.08. The van der Waals surface area contributed by atoms with Gasteiger partial charge >= 0.3 is 0 Å². The quantitative estimate of drug-likeness (QED) is 0.347. The fourth-order valence-electron chi connectivity index (χ4n) is 4.11. The molecule has 0 aliphatic rings. The van der Waals surface area contributed by atoms with E-state index in [4.69, 9.17) is 0 Å². The molecule has 0 spiro atoms. The van der Waals surface area contributed by atoms with Gasteiger partial charge in [0, 0.05) is 10.5 Å². The third-order valence-electron chi connectivity index (χ3n) is 5.36. The molecule has 0 radical (unpaired) electrons. The van der Waals surface area contributed by atoms with E-state index in [0.717, 1.165) is 27.1 Å². The van der Waals surface area contributed by atoms with Gasteiger partial charge in [0.1, 0.15) is 6.07 Å². The van der Waals surface area contributed by atoms with Gasteiger partial charge in [0.25, 0.3) is 0 Å². The van der Waals surface area contributed by atoms with E-state index in [2.05, 4.69) is 80.8 Å². The molecule has 0 amide bonds. The second kappa shape index (κ2) is 7.54. The lowest BCUT2D eigenvalue weighted by atomic mass is 9.85. The summed E-state index contributed by atoms with van der Waals surface area (Å²) >= 11 is 1.65. The molecule has 0 aliphatic carbocycles. The molecular formula is C26H21NS. The molecule has 0 heterocycles. The molecule has 4 aromatic carbocycles. The molecule has 0 N–H and O–H groups in total. The lowest BCUT2D eigenvalue weighted by Crippen LogP contribution is -2.00. The molecule has 0 saturated heterocycles. The summed E-state index contributed by atoms with van der Waals surface area (Å²) in [6.07, 6.45) is 2.05. The summed E-state index contributed by atoms with van der Waals surface area (Å²) in [7, 11) is 0. The van der Waals surface area contributed by atoms with Crippen LogP contribution in [0, 0.1) is 25.2 Å². The second-order valence-electron chi connectivity index (χ2n) is 6.95. The number of nitriles is 1. The van der Waals surface area contributed by atoms with Crippen LogP contribution in [0.5, 0.6) is 0 Å². The number of hydrogen-bond acceptors (Lipinski definition) is 2. The summed E-state index contributed by atoms with van der Waals surface area (Å²) in [5.41, 5.74) is 7.68. The van der Waals surface area contributed by atoms with E-state index in [-0.39, 0.29) is 0 Å². The smallest absolute Gasteiger partial charge is 0.101 e. The van der Waals surface area contributed by atoms with Gasteiger partial charge in [0.15, 0.2) is 0 Å². The topological polar surface area (TPSA) is 23.8 Å². The molecule has 0 atom stereocenters. The number of thioether (sulfide) groups is 1. The van der Waals surface area contributed by atoms with Crippen LogP contribution in [-0.2, 0) is 0 Å². The minimum atomic E-state index is 0.776. The fourth-order valence-corrected chi connectivity index (χ4v) is 4.87. The second-order valence-corrected chi connectivity index (χ2v) is 7.76. The normalized spacial score (nSPS) is 10.8. The number of rotatable bonds is 3. The van der Waals surface area contributed by atoms with Gasteiger partial charge < -0.3 is 0 Å².